The molecule has 0 atom stereocenters. The second kappa shape index (κ2) is 8.13. The van der Waals surface area contributed by atoms with Gasteiger partial charge in [0.1, 0.15) is 0 Å². The molecule has 0 aliphatic heterocycles. The lowest BCUT2D eigenvalue weighted by atomic mass is 10.2. The van der Waals surface area contributed by atoms with Crippen LogP contribution in [-0.4, -0.2) is 29.0 Å². The van der Waals surface area contributed by atoms with Gasteiger partial charge in [-0.05, 0) is 24.1 Å². The van der Waals surface area contributed by atoms with Crippen LogP contribution in [0.25, 0.3) is 10.9 Å². The maximum absolute atomic E-state index is 12.7. The lowest BCUT2D eigenvalue weighted by Crippen LogP contribution is -2.25. The first-order chi connectivity index (χ1) is 11.8. The van der Waals surface area contributed by atoms with Gasteiger partial charge >= 0.3 is 0 Å². The zero-order valence-electron chi connectivity index (χ0n) is 13.6. The summed E-state index contributed by atoms with van der Waals surface area (Å²) in [6, 6.07) is 17.8. The predicted molar refractivity (Wildman–Crippen MR) is 98.7 cm³/mol. The molecule has 0 saturated heterocycles. The van der Waals surface area contributed by atoms with E-state index < -0.39 is 0 Å². The van der Waals surface area contributed by atoms with Gasteiger partial charge in [-0.1, -0.05) is 54.2 Å². The molecule has 1 heterocycles. The third kappa shape index (κ3) is 3.86. The molecule has 0 spiro atoms. The zero-order chi connectivity index (χ0) is 16.8. The fourth-order valence-corrected chi connectivity index (χ4v) is 3.56. The van der Waals surface area contributed by atoms with E-state index in [-0.39, 0.29) is 5.56 Å². The Balaban J connectivity index is 1.85. The van der Waals surface area contributed by atoms with E-state index >= 15 is 0 Å². The maximum atomic E-state index is 12.7. The van der Waals surface area contributed by atoms with Crippen molar-refractivity contribution in [2.45, 2.75) is 18.1 Å². The van der Waals surface area contributed by atoms with Gasteiger partial charge in [0.05, 0.1) is 24.1 Å². The number of para-hydroxylation sites is 1. The fraction of sp³-hybridized carbons (Fsp3) is 0.263. The Bertz CT molecular complexity index is 862. The van der Waals surface area contributed by atoms with E-state index in [4.69, 9.17) is 9.72 Å². The van der Waals surface area contributed by atoms with Gasteiger partial charge in [0.2, 0.25) is 0 Å². The van der Waals surface area contributed by atoms with Crippen molar-refractivity contribution in [2.75, 3.05) is 19.5 Å². The SMILES string of the molecule is COCCn1c(SCCc2ccccc2)nc2ccccc2c1=O. The Morgan fingerprint density at radius 1 is 1.08 bits per heavy atom. The van der Waals surface area contributed by atoms with Gasteiger partial charge in [-0.25, -0.2) is 4.98 Å². The molecule has 0 aliphatic rings. The van der Waals surface area contributed by atoms with Crippen molar-refractivity contribution >= 4 is 22.7 Å². The highest BCUT2D eigenvalue weighted by Crippen LogP contribution is 2.19. The number of benzene rings is 2. The fourth-order valence-electron chi connectivity index (χ4n) is 2.54. The van der Waals surface area contributed by atoms with Crippen molar-refractivity contribution in [3.8, 4) is 0 Å². The van der Waals surface area contributed by atoms with Crippen LogP contribution in [0.2, 0.25) is 0 Å². The first-order valence-corrected chi connectivity index (χ1v) is 8.93. The van der Waals surface area contributed by atoms with Crippen LogP contribution >= 0.6 is 11.8 Å². The molecule has 0 N–H and O–H groups in total. The van der Waals surface area contributed by atoms with Crippen molar-refractivity contribution < 1.29 is 4.74 Å². The number of methoxy groups -OCH3 is 1. The van der Waals surface area contributed by atoms with Gasteiger partial charge in [0.15, 0.2) is 5.16 Å². The number of aryl methyl sites for hydroxylation is 1. The van der Waals surface area contributed by atoms with Crippen LogP contribution in [0, 0.1) is 0 Å². The summed E-state index contributed by atoms with van der Waals surface area (Å²) >= 11 is 1.62. The van der Waals surface area contributed by atoms with Crippen LogP contribution in [0.1, 0.15) is 5.56 Å². The molecule has 124 valence electrons. The Labute approximate surface area is 145 Å². The van der Waals surface area contributed by atoms with E-state index in [2.05, 4.69) is 12.1 Å². The van der Waals surface area contributed by atoms with Crippen LogP contribution in [0.15, 0.2) is 64.5 Å². The standard InChI is InChI=1S/C19H20N2O2S/c1-23-13-12-21-18(22)16-9-5-6-10-17(16)20-19(21)24-14-11-15-7-3-2-4-8-15/h2-10H,11-14H2,1H3. The van der Waals surface area contributed by atoms with E-state index in [1.807, 2.05) is 42.5 Å². The van der Waals surface area contributed by atoms with Gasteiger partial charge in [0, 0.05) is 12.9 Å². The number of hydrogen-bond acceptors (Lipinski definition) is 4. The lowest BCUT2D eigenvalue weighted by Gasteiger charge is -2.12. The van der Waals surface area contributed by atoms with Gasteiger partial charge < -0.3 is 4.74 Å². The van der Waals surface area contributed by atoms with E-state index in [9.17, 15) is 4.79 Å². The second-order valence-electron chi connectivity index (χ2n) is 5.45. The molecule has 1 aromatic heterocycles. The smallest absolute Gasteiger partial charge is 0.262 e. The molecule has 0 radical (unpaired) electrons. The summed E-state index contributed by atoms with van der Waals surface area (Å²) < 4.78 is 6.87. The minimum atomic E-state index is -0.000129. The average molecular weight is 340 g/mol. The molecular weight excluding hydrogens is 320 g/mol. The van der Waals surface area contributed by atoms with Crippen LogP contribution in [0.3, 0.4) is 0 Å². The van der Waals surface area contributed by atoms with Crippen LogP contribution < -0.4 is 5.56 Å². The molecule has 0 bridgehead atoms. The zero-order valence-corrected chi connectivity index (χ0v) is 14.5. The summed E-state index contributed by atoms with van der Waals surface area (Å²) in [7, 11) is 1.64. The molecule has 0 aliphatic carbocycles. The monoisotopic (exact) mass is 340 g/mol. The molecule has 0 saturated carbocycles. The summed E-state index contributed by atoms with van der Waals surface area (Å²) in [4.78, 5) is 17.4. The van der Waals surface area contributed by atoms with Crippen molar-refractivity contribution in [1.82, 2.24) is 9.55 Å². The third-order valence-corrected chi connectivity index (χ3v) is 4.79. The average Bonchev–Trinajstić information content (AvgIpc) is 2.62. The highest BCUT2D eigenvalue weighted by molar-refractivity contribution is 7.99. The summed E-state index contributed by atoms with van der Waals surface area (Å²) in [5, 5.41) is 1.41. The molecule has 0 amide bonds. The Morgan fingerprint density at radius 2 is 1.83 bits per heavy atom. The first-order valence-electron chi connectivity index (χ1n) is 7.95. The third-order valence-electron chi connectivity index (χ3n) is 3.81. The predicted octanol–water partition coefficient (Wildman–Crippen LogP) is 3.38. The second-order valence-corrected chi connectivity index (χ2v) is 6.51. The molecule has 2 aromatic carbocycles. The summed E-state index contributed by atoms with van der Waals surface area (Å²) in [5.74, 6) is 0.877. The molecule has 5 heteroatoms. The van der Waals surface area contributed by atoms with Crippen LogP contribution in [-0.2, 0) is 17.7 Å². The van der Waals surface area contributed by atoms with E-state index in [1.165, 1.54) is 5.56 Å². The number of ether oxygens (including phenoxy) is 1. The number of fused-ring (bicyclic) bond motifs is 1. The van der Waals surface area contributed by atoms with Crippen molar-refractivity contribution in [1.29, 1.82) is 0 Å². The van der Waals surface area contributed by atoms with Gasteiger partial charge in [-0.15, -0.1) is 0 Å². The quantitative estimate of drug-likeness (QED) is 0.488. The van der Waals surface area contributed by atoms with Crippen LogP contribution in [0.4, 0.5) is 0 Å². The molecule has 3 rings (SSSR count). The highest BCUT2D eigenvalue weighted by Gasteiger charge is 2.11. The highest BCUT2D eigenvalue weighted by atomic mass is 32.2. The molecule has 24 heavy (non-hydrogen) atoms. The maximum Gasteiger partial charge on any atom is 0.262 e. The minimum absolute atomic E-state index is 0.000129. The number of nitrogens with zero attached hydrogens (tertiary/aromatic N) is 2. The summed E-state index contributed by atoms with van der Waals surface area (Å²) in [6.45, 7) is 1.01. The van der Waals surface area contributed by atoms with Crippen molar-refractivity contribution in [3.63, 3.8) is 0 Å². The summed E-state index contributed by atoms with van der Waals surface area (Å²) in [6.07, 6.45) is 0.943. The topological polar surface area (TPSA) is 44.1 Å². The van der Waals surface area contributed by atoms with Gasteiger partial charge in [-0.2, -0.15) is 0 Å². The summed E-state index contributed by atoms with van der Waals surface area (Å²) in [5.41, 5.74) is 2.04. The van der Waals surface area contributed by atoms with Crippen molar-refractivity contribution in [3.05, 3.63) is 70.5 Å². The van der Waals surface area contributed by atoms with E-state index in [0.29, 0.717) is 18.5 Å². The Kier molecular flexibility index (Phi) is 5.67. The largest absolute Gasteiger partial charge is 0.383 e. The van der Waals surface area contributed by atoms with Gasteiger partial charge in [-0.3, -0.25) is 9.36 Å². The van der Waals surface area contributed by atoms with Gasteiger partial charge in [0.25, 0.3) is 5.56 Å². The van der Waals surface area contributed by atoms with Crippen LogP contribution in [0.5, 0.6) is 0 Å². The number of hydrogen-bond donors (Lipinski definition) is 0. The minimum Gasteiger partial charge on any atom is -0.383 e. The normalized spacial score (nSPS) is 11.0. The molecule has 4 nitrogen and oxygen atoms in total. The molecule has 0 unspecified atom stereocenters. The molecule has 3 aromatic rings. The van der Waals surface area contributed by atoms with E-state index in [0.717, 1.165) is 22.8 Å². The Hall–Kier alpha value is -2.11. The first kappa shape index (κ1) is 16.7. The lowest BCUT2D eigenvalue weighted by molar-refractivity contribution is 0.183. The van der Waals surface area contributed by atoms with Crippen molar-refractivity contribution in [2.24, 2.45) is 0 Å². The molecular formula is C19H20N2O2S. The Morgan fingerprint density at radius 3 is 2.62 bits per heavy atom. The van der Waals surface area contributed by atoms with E-state index in [1.54, 1.807) is 23.4 Å². The number of rotatable bonds is 7. The number of aromatic nitrogens is 2. The molecule has 0 fully saturated rings. The number of thioether (sulfide) groups is 1.